The molecular weight excluding hydrogens is 295 g/mol. The predicted molar refractivity (Wildman–Crippen MR) is 81.3 cm³/mol. The highest BCUT2D eigenvalue weighted by atomic mass is 19.4. The molecule has 0 aromatic heterocycles. The van der Waals surface area contributed by atoms with Crippen molar-refractivity contribution >= 4 is 5.96 Å². The van der Waals surface area contributed by atoms with Crippen molar-refractivity contribution in [3.63, 3.8) is 0 Å². The molecule has 0 fully saturated rings. The first-order chi connectivity index (χ1) is 10.4. The maximum absolute atomic E-state index is 12.1. The SMILES string of the molecule is CCNC(=NCCC(F)(F)F)NCCOc1ccccc1C. The highest BCUT2D eigenvalue weighted by Crippen LogP contribution is 2.18. The Hall–Kier alpha value is -1.92. The molecule has 0 aliphatic heterocycles. The molecule has 0 atom stereocenters. The van der Waals surface area contributed by atoms with E-state index in [2.05, 4.69) is 15.6 Å². The van der Waals surface area contributed by atoms with Crippen molar-refractivity contribution in [1.29, 1.82) is 0 Å². The van der Waals surface area contributed by atoms with Gasteiger partial charge in [0.15, 0.2) is 5.96 Å². The molecule has 0 amide bonds. The fourth-order valence-corrected chi connectivity index (χ4v) is 1.69. The highest BCUT2D eigenvalue weighted by molar-refractivity contribution is 5.79. The van der Waals surface area contributed by atoms with Gasteiger partial charge in [-0.05, 0) is 25.5 Å². The number of aryl methyl sites for hydroxylation is 1. The van der Waals surface area contributed by atoms with E-state index in [1.165, 1.54) is 0 Å². The van der Waals surface area contributed by atoms with E-state index in [1.54, 1.807) is 0 Å². The largest absolute Gasteiger partial charge is 0.491 e. The average Bonchev–Trinajstić information content (AvgIpc) is 2.44. The molecule has 0 saturated carbocycles. The summed E-state index contributed by atoms with van der Waals surface area (Å²) in [7, 11) is 0. The second kappa shape index (κ2) is 9.17. The van der Waals surface area contributed by atoms with Crippen LogP contribution in [0, 0.1) is 6.92 Å². The van der Waals surface area contributed by atoms with Crippen LogP contribution in [0.4, 0.5) is 13.2 Å². The van der Waals surface area contributed by atoms with Crippen molar-refractivity contribution in [2.75, 3.05) is 26.2 Å². The van der Waals surface area contributed by atoms with Crippen LogP contribution < -0.4 is 15.4 Å². The summed E-state index contributed by atoms with van der Waals surface area (Å²) in [6, 6.07) is 7.64. The molecule has 4 nitrogen and oxygen atoms in total. The summed E-state index contributed by atoms with van der Waals surface area (Å²) in [6.45, 7) is 4.94. The number of ether oxygens (including phenoxy) is 1. The fourth-order valence-electron chi connectivity index (χ4n) is 1.69. The number of halogens is 3. The standard InChI is InChI=1S/C15H22F3N3O/c1-3-19-14(20-9-8-15(16,17)18)21-10-11-22-13-7-5-4-6-12(13)2/h4-7H,3,8-11H2,1-2H3,(H2,19,20,21). The van der Waals surface area contributed by atoms with Crippen molar-refractivity contribution in [2.24, 2.45) is 4.99 Å². The molecule has 0 unspecified atom stereocenters. The molecule has 0 radical (unpaired) electrons. The lowest BCUT2D eigenvalue weighted by atomic mass is 10.2. The molecule has 22 heavy (non-hydrogen) atoms. The number of para-hydroxylation sites is 1. The van der Waals surface area contributed by atoms with Gasteiger partial charge in [-0.1, -0.05) is 18.2 Å². The number of nitrogens with one attached hydrogen (secondary N) is 2. The Labute approximate surface area is 128 Å². The monoisotopic (exact) mass is 317 g/mol. The van der Waals surface area contributed by atoms with E-state index in [0.717, 1.165) is 11.3 Å². The smallest absolute Gasteiger partial charge is 0.390 e. The molecule has 1 rings (SSSR count). The average molecular weight is 317 g/mol. The van der Waals surface area contributed by atoms with E-state index in [0.29, 0.717) is 25.7 Å². The molecule has 0 spiro atoms. The van der Waals surface area contributed by atoms with Crippen LogP contribution >= 0.6 is 0 Å². The lowest BCUT2D eigenvalue weighted by Crippen LogP contribution is -2.39. The van der Waals surface area contributed by atoms with Crippen molar-refractivity contribution < 1.29 is 17.9 Å². The highest BCUT2D eigenvalue weighted by Gasteiger charge is 2.26. The molecule has 124 valence electrons. The van der Waals surface area contributed by atoms with Gasteiger partial charge in [0.05, 0.1) is 19.5 Å². The summed E-state index contributed by atoms with van der Waals surface area (Å²) >= 11 is 0. The van der Waals surface area contributed by atoms with Crippen LogP contribution in [0.5, 0.6) is 5.75 Å². The van der Waals surface area contributed by atoms with E-state index in [9.17, 15) is 13.2 Å². The second-order valence-corrected chi connectivity index (χ2v) is 4.67. The Balaban J connectivity index is 2.35. The van der Waals surface area contributed by atoms with Crippen molar-refractivity contribution in [3.05, 3.63) is 29.8 Å². The molecule has 7 heteroatoms. The minimum absolute atomic E-state index is 0.294. The van der Waals surface area contributed by atoms with Gasteiger partial charge in [-0.15, -0.1) is 0 Å². The molecule has 1 aromatic carbocycles. The van der Waals surface area contributed by atoms with E-state index >= 15 is 0 Å². The second-order valence-electron chi connectivity index (χ2n) is 4.67. The number of alkyl halides is 3. The van der Waals surface area contributed by atoms with Crippen molar-refractivity contribution in [1.82, 2.24) is 10.6 Å². The lowest BCUT2D eigenvalue weighted by Gasteiger charge is -2.13. The van der Waals surface area contributed by atoms with Crippen LogP contribution in [0.3, 0.4) is 0 Å². The first-order valence-electron chi connectivity index (χ1n) is 7.19. The molecule has 1 aromatic rings. The molecule has 0 aliphatic carbocycles. The Morgan fingerprint density at radius 2 is 1.95 bits per heavy atom. The normalized spacial score (nSPS) is 12.1. The van der Waals surface area contributed by atoms with Crippen LogP contribution in [-0.2, 0) is 0 Å². The van der Waals surface area contributed by atoms with E-state index < -0.39 is 12.6 Å². The minimum Gasteiger partial charge on any atom is -0.491 e. The number of hydrogen-bond donors (Lipinski definition) is 2. The van der Waals surface area contributed by atoms with Gasteiger partial charge in [0.25, 0.3) is 0 Å². The first-order valence-corrected chi connectivity index (χ1v) is 7.19. The summed E-state index contributed by atoms with van der Waals surface area (Å²) in [5.74, 6) is 1.16. The molecule has 0 heterocycles. The lowest BCUT2D eigenvalue weighted by molar-refractivity contribution is -0.132. The van der Waals surface area contributed by atoms with Gasteiger partial charge in [0, 0.05) is 6.54 Å². The Bertz CT molecular complexity index is 475. The van der Waals surface area contributed by atoms with E-state index in [4.69, 9.17) is 4.74 Å². The Kier molecular flexibility index (Phi) is 7.56. The van der Waals surface area contributed by atoms with Crippen LogP contribution in [0.1, 0.15) is 18.9 Å². The van der Waals surface area contributed by atoms with Gasteiger partial charge in [0.1, 0.15) is 12.4 Å². The van der Waals surface area contributed by atoms with Crippen LogP contribution in [-0.4, -0.2) is 38.4 Å². The van der Waals surface area contributed by atoms with Gasteiger partial charge in [0.2, 0.25) is 0 Å². The molecule has 0 aliphatic rings. The third kappa shape index (κ3) is 7.75. The fraction of sp³-hybridized carbons (Fsp3) is 0.533. The molecule has 0 bridgehead atoms. The summed E-state index contributed by atoms with van der Waals surface area (Å²) in [5, 5.41) is 5.84. The van der Waals surface area contributed by atoms with Gasteiger partial charge < -0.3 is 15.4 Å². The Morgan fingerprint density at radius 3 is 2.59 bits per heavy atom. The number of guanidine groups is 1. The number of aliphatic imine (C=N–C) groups is 1. The number of rotatable bonds is 7. The van der Waals surface area contributed by atoms with Gasteiger partial charge in [-0.2, -0.15) is 13.2 Å². The minimum atomic E-state index is -4.19. The molecule has 2 N–H and O–H groups in total. The zero-order valence-electron chi connectivity index (χ0n) is 12.8. The van der Waals surface area contributed by atoms with Crippen LogP contribution in [0.2, 0.25) is 0 Å². The zero-order valence-corrected chi connectivity index (χ0v) is 12.8. The summed E-state index contributed by atoms with van der Waals surface area (Å²) < 4.78 is 41.9. The summed E-state index contributed by atoms with van der Waals surface area (Å²) in [5.41, 5.74) is 1.04. The van der Waals surface area contributed by atoms with E-state index in [-0.39, 0.29) is 6.54 Å². The van der Waals surface area contributed by atoms with Crippen molar-refractivity contribution in [3.8, 4) is 5.75 Å². The quantitative estimate of drug-likeness (QED) is 0.462. The number of nitrogens with zero attached hydrogens (tertiary/aromatic N) is 1. The van der Waals surface area contributed by atoms with Crippen LogP contribution in [0.25, 0.3) is 0 Å². The third-order valence-corrected chi connectivity index (χ3v) is 2.76. The maximum atomic E-state index is 12.1. The van der Waals surface area contributed by atoms with E-state index in [1.807, 2.05) is 38.1 Å². The molecular formula is C15H22F3N3O. The maximum Gasteiger partial charge on any atom is 0.390 e. The molecule has 0 saturated heterocycles. The topological polar surface area (TPSA) is 45.7 Å². The third-order valence-electron chi connectivity index (χ3n) is 2.76. The number of hydrogen-bond acceptors (Lipinski definition) is 2. The summed E-state index contributed by atoms with van der Waals surface area (Å²) in [6.07, 6.45) is -5.11. The zero-order chi connectivity index (χ0) is 16.4. The first kappa shape index (κ1) is 18.1. The van der Waals surface area contributed by atoms with Crippen LogP contribution in [0.15, 0.2) is 29.3 Å². The van der Waals surface area contributed by atoms with Crippen molar-refractivity contribution in [2.45, 2.75) is 26.4 Å². The summed E-state index contributed by atoms with van der Waals surface area (Å²) in [4.78, 5) is 3.88. The number of benzene rings is 1. The van der Waals surface area contributed by atoms with Gasteiger partial charge in [-0.25, -0.2) is 0 Å². The predicted octanol–water partition coefficient (Wildman–Crippen LogP) is 2.88. The Morgan fingerprint density at radius 1 is 1.23 bits per heavy atom. The van der Waals surface area contributed by atoms with Gasteiger partial charge in [-0.3, -0.25) is 4.99 Å². The van der Waals surface area contributed by atoms with Gasteiger partial charge >= 0.3 is 6.18 Å².